The van der Waals surface area contributed by atoms with E-state index < -0.39 is 0 Å². The monoisotopic (exact) mass is 279 g/mol. The van der Waals surface area contributed by atoms with Gasteiger partial charge in [0.2, 0.25) is 0 Å². The molecule has 1 aromatic rings. The van der Waals surface area contributed by atoms with E-state index in [1.54, 1.807) is 0 Å². The standard InChI is InChI=1S/C16H22ClNO/c17-14-6-4-12(5-7-14)16(19)13-8-10-18-9-2-1-3-15(18)11-13/h4-7,13,15-16,19H,1-3,8-11H2/t13-,15-,16-/m1/s1. The number of fused-ring (bicyclic) bond motifs is 1. The lowest BCUT2D eigenvalue weighted by Gasteiger charge is -2.43. The van der Waals surface area contributed by atoms with Crippen molar-refractivity contribution in [3.63, 3.8) is 0 Å². The van der Waals surface area contributed by atoms with Crippen molar-refractivity contribution >= 4 is 11.6 Å². The van der Waals surface area contributed by atoms with E-state index in [9.17, 15) is 5.11 Å². The van der Waals surface area contributed by atoms with Gasteiger partial charge in [-0.2, -0.15) is 0 Å². The summed E-state index contributed by atoms with van der Waals surface area (Å²) in [7, 11) is 0. The van der Waals surface area contributed by atoms with Gasteiger partial charge >= 0.3 is 0 Å². The summed E-state index contributed by atoms with van der Waals surface area (Å²) in [6.07, 6.45) is 5.93. The summed E-state index contributed by atoms with van der Waals surface area (Å²) >= 11 is 5.90. The number of nitrogens with zero attached hydrogens (tertiary/aromatic N) is 1. The third-order valence-corrected chi connectivity index (χ3v) is 5.02. The average molecular weight is 280 g/mol. The van der Waals surface area contributed by atoms with Crippen LogP contribution in [0.1, 0.15) is 43.8 Å². The number of benzene rings is 1. The number of piperidine rings is 2. The van der Waals surface area contributed by atoms with Crippen LogP contribution >= 0.6 is 11.6 Å². The van der Waals surface area contributed by atoms with Crippen molar-refractivity contribution in [3.05, 3.63) is 34.9 Å². The molecule has 2 fully saturated rings. The first-order valence-corrected chi connectivity index (χ1v) is 7.79. The van der Waals surface area contributed by atoms with Crippen molar-refractivity contribution in [2.75, 3.05) is 13.1 Å². The number of rotatable bonds is 2. The second-order valence-electron chi connectivity index (χ2n) is 5.97. The fourth-order valence-corrected chi connectivity index (χ4v) is 3.77. The molecule has 3 heteroatoms. The van der Waals surface area contributed by atoms with Crippen molar-refractivity contribution in [1.82, 2.24) is 4.90 Å². The third-order valence-electron chi connectivity index (χ3n) is 4.77. The minimum Gasteiger partial charge on any atom is -0.388 e. The summed E-state index contributed by atoms with van der Waals surface area (Å²) in [5, 5.41) is 11.3. The molecule has 0 spiro atoms. The first-order chi connectivity index (χ1) is 9.24. The molecule has 19 heavy (non-hydrogen) atoms. The maximum atomic E-state index is 10.6. The molecule has 0 aliphatic carbocycles. The molecule has 0 aromatic heterocycles. The van der Waals surface area contributed by atoms with Gasteiger partial charge in [-0.15, -0.1) is 0 Å². The Morgan fingerprint density at radius 1 is 1.11 bits per heavy atom. The van der Waals surface area contributed by atoms with Crippen molar-refractivity contribution in [1.29, 1.82) is 0 Å². The predicted molar refractivity (Wildman–Crippen MR) is 78.3 cm³/mol. The molecule has 2 aliphatic rings. The highest BCUT2D eigenvalue weighted by atomic mass is 35.5. The van der Waals surface area contributed by atoms with E-state index in [2.05, 4.69) is 4.90 Å². The van der Waals surface area contributed by atoms with E-state index in [-0.39, 0.29) is 6.10 Å². The molecule has 3 atom stereocenters. The van der Waals surface area contributed by atoms with E-state index in [1.807, 2.05) is 24.3 Å². The lowest BCUT2D eigenvalue weighted by atomic mass is 9.81. The van der Waals surface area contributed by atoms with Crippen LogP contribution in [0.3, 0.4) is 0 Å². The minimum atomic E-state index is -0.332. The van der Waals surface area contributed by atoms with E-state index in [0.29, 0.717) is 12.0 Å². The van der Waals surface area contributed by atoms with Gasteiger partial charge in [-0.25, -0.2) is 0 Å². The summed E-state index contributed by atoms with van der Waals surface area (Å²) in [5.41, 5.74) is 1.01. The van der Waals surface area contributed by atoms with Gasteiger partial charge in [0.25, 0.3) is 0 Å². The molecule has 2 heterocycles. The SMILES string of the molecule is O[C@H](c1ccc(Cl)cc1)[C@@H]1CCN2CCCC[C@@H]2C1. The average Bonchev–Trinajstić information content (AvgIpc) is 2.47. The molecule has 3 rings (SSSR count). The van der Waals surface area contributed by atoms with Gasteiger partial charge in [0.1, 0.15) is 0 Å². The second-order valence-corrected chi connectivity index (χ2v) is 6.40. The van der Waals surface area contributed by atoms with Crippen LogP contribution in [0, 0.1) is 5.92 Å². The van der Waals surface area contributed by atoms with Gasteiger partial charge in [-0.1, -0.05) is 30.2 Å². The van der Waals surface area contributed by atoms with Crippen molar-refractivity contribution in [3.8, 4) is 0 Å². The Morgan fingerprint density at radius 2 is 1.89 bits per heavy atom. The summed E-state index contributed by atoms with van der Waals surface area (Å²) in [4.78, 5) is 2.62. The number of hydrogen-bond acceptors (Lipinski definition) is 2. The maximum Gasteiger partial charge on any atom is 0.0819 e. The molecule has 0 amide bonds. The fourth-order valence-electron chi connectivity index (χ4n) is 3.64. The lowest BCUT2D eigenvalue weighted by Crippen LogP contribution is -2.46. The normalized spacial score (nSPS) is 29.8. The fraction of sp³-hybridized carbons (Fsp3) is 0.625. The van der Waals surface area contributed by atoms with Gasteiger partial charge in [0, 0.05) is 11.1 Å². The Kier molecular flexibility index (Phi) is 4.11. The van der Waals surface area contributed by atoms with Crippen LogP contribution in [0.25, 0.3) is 0 Å². The van der Waals surface area contributed by atoms with Crippen LogP contribution in [-0.2, 0) is 0 Å². The first-order valence-electron chi connectivity index (χ1n) is 7.41. The number of aliphatic hydroxyl groups excluding tert-OH is 1. The molecular weight excluding hydrogens is 258 g/mol. The largest absolute Gasteiger partial charge is 0.388 e. The van der Waals surface area contributed by atoms with Crippen LogP contribution in [-0.4, -0.2) is 29.1 Å². The molecule has 0 saturated carbocycles. The van der Waals surface area contributed by atoms with Crippen LogP contribution in [0.5, 0.6) is 0 Å². The minimum absolute atomic E-state index is 0.332. The highest BCUT2D eigenvalue weighted by Crippen LogP contribution is 2.36. The Hall–Kier alpha value is -0.570. The molecule has 1 aromatic carbocycles. The van der Waals surface area contributed by atoms with Gasteiger partial charge in [0.15, 0.2) is 0 Å². The topological polar surface area (TPSA) is 23.5 Å². The highest BCUT2D eigenvalue weighted by molar-refractivity contribution is 6.30. The summed E-state index contributed by atoms with van der Waals surface area (Å²) in [5.74, 6) is 0.403. The summed E-state index contributed by atoms with van der Waals surface area (Å²) in [6, 6.07) is 8.36. The predicted octanol–water partition coefficient (Wildman–Crippen LogP) is 3.64. The molecule has 2 saturated heterocycles. The van der Waals surface area contributed by atoms with E-state index in [1.165, 1.54) is 25.8 Å². The Morgan fingerprint density at radius 3 is 2.68 bits per heavy atom. The molecule has 0 radical (unpaired) electrons. The molecule has 104 valence electrons. The van der Waals surface area contributed by atoms with Crippen molar-refractivity contribution in [2.24, 2.45) is 5.92 Å². The maximum absolute atomic E-state index is 10.6. The molecule has 0 bridgehead atoms. The zero-order valence-electron chi connectivity index (χ0n) is 11.3. The van der Waals surface area contributed by atoms with E-state index in [4.69, 9.17) is 11.6 Å². The zero-order valence-corrected chi connectivity index (χ0v) is 12.0. The van der Waals surface area contributed by atoms with Crippen LogP contribution < -0.4 is 0 Å². The van der Waals surface area contributed by atoms with Crippen molar-refractivity contribution < 1.29 is 5.11 Å². The smallest absolute Gasteiger partial charge is 0.0819 e. The number of aliphatic hydroxyl groups is 1. The Labute approximate surface area is 120 Å². The lowest BCUT2D eigenvalue weighted by molar-refractivity contribution is 0.0155. The van der Waals surface area contributed by atoms with Gasteiger partial charge in [-0.05, 0) is 62.4 Å². The number of halogens is 1. The van der Waals surface area contributed by atoms with Gasteiger partial charge < -0.3 is 10.0 Å². The Bertz CT molecular complexity index is 419. The van der Waals surface area contributed by atoms with E-state index >= 15 is 0 Å². The van der Waals surface area contributed by atoms with Gasteiger partial charge in [-0.3, -0.25) is 0 Å². The number of hydrogen-bond donors (Lipinski definition) is 1. The summed E-state index contributed by atoms with van der Waals surface area (Å²) < 4.78 is 0. The van der Waals surface area contributed by atoms with Gasteiger partial charge in [0.05, 0.1) is 6.10 Å². The van der Waals surface area contributed by atoms with Crippen LogP contribution in [0.4, 0.5) is 0 Å². The molecule has 1 N–H and O–H groups in total. The quantitative estimate of drug-likeness (QED) is 0.893. The zero-order chi connectivity index (χ0) is 13.2. The van der Waals surface area contributed by atoms with E-state index in [0.717, 1.165) is 30.0 Å². The first kappa shape index (κ1) is 13.4. The second kappa shape index (κ2) is 5.82. The Balaban J connectivity index is 1.67. The van der Waals surface area contributed by atoms with Crippen LogP contribution in [0.2, 0.25) is 5.02 Å². The third kappa shape index (κ3) is 2.96. The molecule has 2 nitrogen and oxygen atoms in total. The van der Waals surface area contributed by atoms with Crippen molar-refractivity contribution in [2.45, 2.75) is 44.2 Å². The highest BCUT2D eigenvalue weighted by Gasteiger charge is 2.33. The summed E-state index contributed by atoms with van der Waals surface area (Å²) in [6.45, 7) is 2.41. The molecule has 2 aliphatic heterocycles. The molecule has 0 unspecified atom stereocenters. The van der Waals surface area contributed by atoms with Crippen LogP contribution in [0.15, 0.2) is 24.3 Å². The molecular formula is C16H22ClNO.